The monoisotopic (exact) mass is 600 g/mol. The molecule has 3 rings (SSSR count). The predicted octanol–water partition coefficient (Wildman–Crippen LogP) is 5.73. The summed E-state index contributed by atoms with van der Waals surface area (Å²) in [6, 6.07) is 8.71. The number of hydrogen-bond acceptors (Lipinski definition) is 6. The zero-order chi connectivity index (χ0) is 24.1. The number of halogens is 2. The van der Waals surface area contributed by atoms with Gasteiger partial charge in [0.25, 0.3) is 11.1 Å². The minimum atomic E-state index is -0.523. The van der Waals surface area contributed by atoms with Crippen molar-refractivity contribution in [2.75, 3.05) is 25.1 Å². The molecule has 0 bridgehead atoms. The van der Waals surface area contributed by atoms with E-state index in [2.05, 4.69) is 27.9 Å². The Hall–Kier alpha value is -2.24. The summed E-state index contributed by atoms with van der Waals surface area (Å²) in [7, 11) is 0. The van der Waals surface area contributed by atoms with Gasteiger partial charge in [-0.15, -0.1) is 0 Å². The largest absolute Gasteiger partial charge is 0.490 e. The van der Waals surface area contributed by atoms with Crippen LogP contribution >= 0.6 is 46.0 Å². The van der Waals surface area contributed by atoms with E-state index in [1.165, 1.54) is 0 Å². The lowest BCUT2D eigenvalue weighted by atomic mass is 10.2. The first-order chi connectivity index (χ1) is 15.7. The number of ether oxygens (including phenoxy) is 2. The topological polar surface area (TPSA) is 84.9 Å². The molecule has 3 amide bonds. The number of aryl methyl sites for hydroxylation is 1. The first kappa shape index (κ1) is 25.4. The average Bonchev–Trinajstić information content (AvgIpc) is 3.00. The van der Waals surface area contributed by atoms with E-state index < -0.39 is 17.1 Å². The first-order valence-electron chi connectivity index (χ1n) is 10.1. The lowest BCUT2D eigenvalue weighted by Gasteiger charge is -2.14. The van der Waals surface area contributed by atoms with Gasteiger partial charge in [0.05, 0.1) is 21.7 Å². The number of amides is 3. The summed E-state index contributed by atoms with van der Waals surface area (Å²) in [5, 5.41) is 2.67. The van der Waals surface area contributed by atoms with Gasteiger partial charge in [0.15, 0.2) is 11.5 Å². The van der Waals surface area contributed by atoms with Crippen molar-refractivity contribution in [3.05, 3.63) is 55.0 Å². The Morgan fingerprint density at radius 1 is 1.18 bits per heavy atom. The number of imide groups is 1. The molecular formula is C23H22ClIN2O5S. The molecule has 2 aromatic carbocycles. The van der Waals surface area contributed by atoms with Crippen LogP contribution < -0.4 is 14.8 Å². The molecule has 0 spiro atoms. The van der Waals surface area contributed by atoms with Gasteiger partial charge < -0.3 is 14.8 Å². The molecule has 7 nitrogen and oxygen atoms in total. The molecule has 1 saturated heterocycles. The second kappa shape index (κ2) is 11.3. The summed E-state index contributed by atoms with van der Waals surface area (Å²) in [6.07, 6.45) is 1.62. The van der Waals surface area contributed by atoms with Gasteiger partial charge in [0.2, 0.25) is 5.91 Å². The van der Waals surface area contributed by atoms with E-state index in [-0.39, 0.29) is 11.4 Å². The Balaban J connectivity index is 1.78. The summed E-state index contributed by atoms with van der Waals surface area (Å²) in [4.78, 5) is 38.9. The minimum Gasteiger partial charge on any atom is -0.490 e. The molecule has 2 aromatic rings. The lowest BCUT2D eigenvalue weighted by molar-refractivity contribution is -0.127. The molecule has 1 aliphatic rings. The third kappa shape index (κ3) is 6.21. The number of hydrogen-bond donors (Lipinski definition) is 1. The molecule has 1 heterocycles. The van der Waals surface area contributed by atoms with E-state index in [9.17, 15) is 14.4 Å². The Labute approximate surface area is 215 Å². The molecule has 0 saturated carbocycles. The number of carbonyl (C=O) groups excluding carboxylic acids is 3. The average molecular weight is 601 g/mol. The maximum Gasteiger partial charge on any atom is 0.294 e. The number of anilines is 1. The van der Waals surface area contributed by atoms with E-state index in [1.54, 1.807) is 30.3 Å². The summed E-state index contributed by atoms with van der Waals surface area (Å²) >= 11 is 8.92. The Morgan fingerprint density at radius 2 is 1.91 bits per heavy atom. The zero-order valence-electron chi connectivity index (χ0n) is 18.2. The van der Waals surface area contributed by atoms with E-state index in [0.717, 1.165) is 25.8 Å². The molecule has 1 N–H and O–H groups in total. The molecule has 1 fully saturated rings. The lowest BCUT2D eigenvalue weighted by Crippen LogP contribution is -2.36. The van der Waals surface area contributed by atoms with Gasteiger partial charge in [-0.05, 0) is 96.6 Å². The highest BCUT2D eigenvalue weighted by Gasteiger charge is 2.36. The fourth-order valence-electron chi connectivity index (χ4n) is 3.07. The van der Waals surface area contributed by atoms with Crippen molar-refractivity contribution in [3.63, 3.8) is 0 Å². The van der Waals surface area contributed by atoms with Crippen molar-refractivity contribution in [1.82, 2.24) is 4.90 Å². The van der Waals surface area contributed by atoms with E-state index >= 15 is 0 Å². The standard InChI is InChI=1S/C23H22ClIN2O5S/c1-4-31-18-9-14(8-16(25)21(18)32-5-2)10-19-22(29)27(23(30)33-19)12-20(28)26-17-11-15(24)7-6-13(17)3/h6-11H,4-5,12H2,1-3H3,(H,26,28)/b19-10+. The van der Waals surface area contributed by atoms with E-state index in [1.807, 2.05) is 26.8 Å². The molecule has 0 aliphatic carbocycles. The number of rotatable bonds is 8. The Kier molecular flexibility index (Phi) is 8.66. The highest BCUT2D eigenvalue weighted by atomic mass is 127. The van der Waals surface area contributed by atoms with Gasteiger partial charge in [0.1, 0.15) is 6.54 Å². The molecule has 174 valence electrons. The molecule has 1 aliphatic heterocycles. The van der Waals surface area contributed by atoms with Gasteiger partial charge in [0, 0.05) is 10.7 Å². The Morgan fingerprint density at radius 3 is 2.61 bits per heavy atom. The quantitative estimate of drug-likeness (QED) is 0.308. The van der Waals surface area contributed by atoms with Crippen molar-refractivity contribution in [3.8, 4) is 11.5 Å². The van der Waals surface area contributed by atoms with Crippen LogP contribution in [0.5, 0.6) is 11.5 Å². The van der Waals surface area contributed by atoms with Gasteiger partial charge >= 0.3 is 0 Å². The maximum absolute atomic E-state index is 12.9. The third-order valence-electron chi connectivity index (χ3n) is 4.57. The molecule has 0 unspecified atom stereocenters. The van der Waals surface area contributed by atoms with Gasteiger partial charge in [-0.1, -0.05) is 17.7 Å². The van der Waals surface area contributed by atoms with Crippen molar-refractivity contribution in [2.45, 2.75) is 20.8 Å². The van der Waals surface area contributed by atoms with Gasteiger partial charge in [-0.2, -0.15) is 0 Å². The maximum atomic E-state index is 12.9. The van der Waals surface area contributed by atoms with Crippen LogP contribution in [0.15, 0.2) is 35.2 Å². The number of carbonyl (C=O) groups is 3. The SMILES string of the molecule is CCOc1cc(/C=C2/SC(=O)N(CC(=O)Nc3cc(Cl)ccc3C)C2=O)cc(I)c1OCC. The number of benzene rings is 2. The summed E-state index contributed by atoms with van der Waals surface area (Å²) < 4.78 is 12.2. The third-order valence-corrected chi connectivity index (χ3v) is 6.51. The highest BCUT2D eigenvalue weighted by Crippen LogP contribution is 2.37. The summed E-state index contributed by atoms with van der Waals surface area (Å²) in [5.74, 6) is 0.189. The smallest absolute Gasteiger partial charge is 0.294 e. The van der Waals surface area contributed by atoms with Crippen LogP contribution in [-0.4, -0.2) is 41.7 Å². The predicted molar refractivity (Wildman–Crippen MR) is 139 cm³/mol. The summed E-state index contributed by atoms with van der Waals surface area (Å²) in [5.41, 5.74) is 2.04. The van der Waals surface area contributed by atoms with Crippen molar-refractivity contribution >= 4 is 74.8 Å². The molecule has 10 heteroatoms. The fraction of sp³-hybridized carbons (Fsp3) is 0.261. The van der Waals surface area contributed by atoms with Crippen molar-refractivity contribution in [1.29, 1.82) is 0 Å². The second-order valence-electron chi connectivity index (χ2n) is 6.97. The van der Waals surface area contributed by atoms with Gasteiger partial charge in [-0.3, -0.25) is 19.3 Å². The molecule has 33 heavy (non-hydrogen) atoms. The van der Waals surface area contributed by atoms with Crippen LogP contribution in [0.25, 0.3) is 6.08 Å². The van der Waals surface area contributed by atoms with E-state index in [0.29, 0.717) is 41.0 Å². The van der Waals surface area contributed by atoms with Crippen LogP contribution in [0.2, 0.25) is 5.02 Å². The van der Waals surface area contributed by atoms with Crippen LogP contribution in [0.1, 0.15) is 25.0 Å². The number of nitrogens with zero attached hydrogens (tertiary/aromatic N) is 1. The first-order valence-corrected chi connectivity index (χ1v) is 12.4. The normalized spacial score (nSPS) is 14.7. The minimum absolute atomic E-state index is 0.231. The van der Waals surface area contributed by atoms with Crippen molar-refractivity contribution < 1.29 is 23.9 Å². The van der Waals surface area contributed by atoms with E-state index in [4.69, 9.17) is 21.1 Å². The van der Waals surface area contributed by atoms with Crippen LogP contribution in [0.4, 0.5) is 10.5 Å². The molecule has 0 atom stereocenters. The van der Waals surface area contributed by atoms with Crippen LogP contribution in [-0.2, 0) is 9.59 Å². The molecule has 0 radical (unpaired) electrons. The Bertz CT molecular complexity index is 1140. The van der Waals surface area contributed by atoms with Crippen molar-refractivity contribution in [2.24, 2.45) is 0 Å². The van der Waals surface area contributed by atoms with Gasteiger partial charge in [-0.25, -0.2) is 0 Å². The fourth-order valence-corrected chi connectivity index (χ4v) is 4.86. The molecule has 0 aromatic heterocycles. The highest BCUT2D eigenvalue weighted by molar-refractivity contribution is 14.1. The van der Waals surface area contributed by atoms with Crippen LogP contribution in [0, 0.1) is 10.5 Å². The van der Waals surface area contributed by atoms with Crippen LogP contribution in [0.3, 0.4) is 0 Å². The second-order valence-corrected chi connectivity index (χ2v) is 9.56. The number of thioether (sulfide) groups is 1. The number of nitrogens with one attached hydrogen (secondary N) is 1. The zero-order valence-corrected chi connectivity index (χ0v) is 22.0. The summed E-state index contributed by atoms with van der Waals surface area (Å²) in [6.45, 7) is 6.14. The molecular weight excluding hydrogens is 579 g/mol.